The van der Waals surface area contributed by atoms with Crippen molar-refractivity contribution in [3.05, 3.63) is 70.6 Å². The maximum Gasteiger partial charge on any atom is 0.259 e. The van der Waals surface area contributed by atoms with Crippen LogP contribution in [0.5, 0.6) is 0 Å². The molecule has 2 N–H and O–H groups in total. The first-order valence-electron chi connectivity index (χ1n) is 10.9. The summed E-state index contributed by atoms with van der Waals surface area (Å²) in [6, 6.07) is 9.30. The number of amides is 2. The van der Waals surface area contributed by atoms with E-state index >= 15 is 0 Å². The summed E-state index contributed by atoms with van der Waals surface area (Å²) in [5.74, 6) is 0.688. The van der Waals surface area contributed by atoms with Gasteiger partial charge in [-0.1, -0.05) is 18.2 Å². The second-order valence-corrected chi connectivity index (χ2v) is 8.29. The van der Waals surface area contributed by atoms with E-state index in [-0.39, 0.29) is 17.7 Å². The lowest BCUT2D eigenvalue weighted by molar-refractivity contribution is -0.130. The van der Waals surface area contributed by atoms with Crippen molar-refractivity contribution in [1.82, 2.24) is 25.1 Å². The number of benzene rings is 1. The molecular weight excluding hydrogens is 404 g/mol. The zero-order valence-electron chi connectivity index (χ0n) is 18.7. The quantitative estimate of drug-likeness (QED) is 0.622. The summed E-state index contributed by atoms with van der Waals surface area (Å²) < 4.78 is 0. The van der Waals surface area contributed by atoms with Crippen LogP contribution in [-0.2, 0) is 11.2 Å². The third-order valence-electron chi connectivity index (χ3n) is 6.05. The minimum Gasteiger partial charge on any atom is -0.342 e. The Morgan fingerprint density at radius 3 is 2.62 bits per heavy atom. The number of nitrogens with zero attached hydrogens (tertiary/aromatic N) is 4. The SMILES string of the molecule is Cc1nc([C@H]2CCN(C(=O)CCc3c(C)n[nH]c3C)C2)ncc1C(=O)Nc1ccccc1. The Morgan fingerprint density at radius 1 is 1.16 bits per heavy atom. The first-order valence-corrected chi connectivity index (χ1v) is 10.9. The Labute approximate surface area is 187 Å². The van der Waals surface area contributed by atoms with Crippen LogP contribution in [-0.4, -0.2) is 50.0 Å². The number of aryl methyl sites for hydroxylation is 3. The van der Waals surface area contributed by atoms with E-state index in [2.05, 4.69) is 25.5 Å². The Hall–Kier alpha value is -3.55. The zero-order valence-corrected chi connectivity index (χ0v) is 18.7. The summed E-state index contributed by atoms with van der Waals surface area (Å²) in [4.78, 5) is 36.3. The summed E-state index contributed by atoms with van der Waals surface area (Å²) >= 11 is 0. The van der Waals surface area contributed by atoms with Crippen molar-refractivity contribution in [3.8, 4) is 0 Å². The molecule has 1 aromatic carbocycles. The standard InChI is InChI=1S/C24H28N6O2/c1-15-21(24(32)27-19-7-5-4-6-8-19)13-25-23(26-15)18-11-12-30(14-18)22(31)10-9-20-16(2)28-29-17(20)3/h4-8,13,18H,9-12,14H2,1-3H3,(H,27,32)(H,28,29)/t18-/m0/s1. The van der Waals surface area contributed by atoms with Crippen molar-refractivity contribution in [2.45, 2.75) is 46.0 Å². The van der Waals surface area contributed by atoms with Crippen LogP contribution in [0.4, 0.5) is 5.69 Å². The molecule has 32 heavy (non-hydrogen) atoms. The van der Waals surface area contributed by atoms with E-state index in [0.717, 1.165) is 29.1 Å². The molecule has 1 fully saturated rings. The summed E-state index contributed by atoms with van der Waals surface area (Å²) in [7, 11) is 0. The van der Waals surface area contributed by atoms with Gasteiger partial charge in [0.15, 0.2) is 0 Å². The van der Waals surface area contributed by atoms with Crippen molar-refractivity contribution in [3.63, 3.8) is 0 Å². The second-order valence-electron chi connectivity index (χ2n) is 8.29. The van der Waals surface area contributed by atoms with Gasteiger partial charge < -0.3 is 10.2 Å². The number of H-pyrrole nitrogens is 1. The molecule has 1 atom stereocenters. The molecule has 3 heterocycles. The fourth-order valence-corrected chi connectivity index (χ4v) is 4.15. The molecule has 3 aromatic rings. The lowest BCUT2D eigenvalue weighted by Crippen LogP contribution is -2.29. The van der Waals surface area contributed by atoms with Gasteiger partial charge in [0.05, 0.1) is 17.0 Å². The molecule has 1 saturated heterocycles. The van der Waals surface area contributed by atoms with Gasteiger partial charge >= 0.3 is 0 Å². The number of aromatic nitrogens is 4. The molecule has 8 nitrogen and oxygen atoms in total. The van der Waals surface area contributed by atoms with Crippen molar-refractivity contribution in [2.24, 2.45) is 0 Å². The maximum absolute atomic E-state index is 12.7. The average Bonchev–Trinajstić information content (AvgIpc) is 3.40. The Morgan fingerprint density at radius 2 is 1.94 bits per heavy atom. The van der Waals surface area contributed by atoms with Crippen LogP contribution in [0, 0.1) is 20.8 Å². The highest BCUT2D eigenvalue weighted by molar-refractivity contribution is 6.04. The largest absolute Gasteiger partial charge is 0.342 e. The van der Waals surface area contributed by atoms with Crippen LogP contribution in [0.3, 0.4) is 0 Å². The van der Waals surface area contributed by atoms with Gasteiger partial charge in [-0.05, 0) is 51.3 Å². The number of hydrogen-bond acceptors (Lipinski definition) is 5. The fraction of sp³-hybridized carbons (Fsp3) is 0.375. The van der Waals surface area contributed by atoms with Gasteiger partial charge in [-0.25, -0.2) is 9.97 Å². The van der Waals surface area contributed by atoms with E-state index in [1.807, 2.05) is 56.0 Å². The van der Waals surface area contributed by atoms with E-state index in [1.165, 1.54) is 0 Å². The number of likely N-dealkylation sites (tertiary alicyclic amines) is 1. The molecule has 1 aliphatic heterocycles. The smallest absolute Gasteiger partial charge is 0.259 e. The molecular formula is C24H28N6O2. The molecule has 0 radical (unpaired) electrons. The first kappa shape index (κ1) is 21.7. The minimum absolute atomic E-state index is 0.0845. The van der Waals surface area contributed by atoms with E-state index in [9.17, 15) is 9.59 Å². The van der Waals surface area contributed by atoms with Crippen LogP contribution in [0.1, 0.15) is 57.6 Å². The first-order chi connectivity index (χ1) is 15.4. The van der Waals surface area contributed by atoms with Gasteiger partial charge in [0.25, 0.3) is 5.91 Å². The molecule has 4 rings (SSSR count). The van der Waals surface area contributed by atoms with Gasteiger partial charge in [-0.2, -0.15) is 5.10 Å². The number of anilines is 1. The van der Waals surface area contributed by atoms with E-state index < -0.39 is 0 Å². The van der Waals surface area contributed by atoms with Crippen LogP contribution in [0.2, 0.25) is 0 Å². The van der Waals surface area contributed by atoms with Crippen LogP contribution >= 0.6 is 0 Å². The number of carbonyl (C=O) groups excluding carboxylic acids is 2. The molecule has 2 amide bonds. The lowest BCUT2D eigenvalue weighted by atomic mass is 10.1. The molecule has 1 aliphatic rings. The van der Waals surface area contributed by atoms with Gasteiger partial charge in [0, 0.05) is 43.0 Å². The van der Waals surface area contributed by atoms with Gasteiger partial charge in [-0.3, -0.25) is 14.7 Å². The number of aromatic amines is 1. The van der Waals surface area contributed by atoms with Crippen LogP contribution in [0.15, 0.2) is 36.5 Å². The Balaban J connectivity index is 1.36. The lowest BCUT2D eigenvalue weighted by Gasteiger charge is -2.16. The predicted octanol–water partition coefficient (Wildman–Crippen LogP) is 3.33. The number of hydrogen-bond donors (Lipinski definition) is 2. The van der Waals surface area contributed by atoms with E-state index in [4.69, 9.17) is 0 Å². The number of carbonyl (C=O) groups is 2. The molecule has 166 valence electrons. The summed E-state index contributed by atoms with van der Waals surface area (Å²) in [5, 5.41) is 10.0. The molecule has 8 heteroatoms. The normalized spacial score (nSPS) is 15.7. The van der Waals surface area contributed by atoms with E-state index in [1.54, 1.807) is 6.20 Å². The molecule has 0 saturated carbocycles. The predicted molar refractivity (Wildman–Crippen MR) is 121 cm³/mol. The van der Waals surface area contributed by atoms with Crippen LogP contribution in [0.25, 0.3) is 0 Å². The summed E-state index contributed by atoms with van der Waals surface area (Å²) in [6.45, 7) is 7.06. The topological polar surface area (TPSA) is 104 Å². The number of para-hydroxylation sites is 1. The molecule has 2 aromatic heterocycles. The zero-order chi connectivity index (χ0) is 22.7. The number of nitrogens with one attached hydrogen (secondary N) is 2. The monoisotopic (exact) mass is 432 g/mol. The van der Waals surface area contributed by atoms with Gasteiger partial charge in [-0.15, -0.1) is 0 Å². The average molecular weight is 433 g/mol. The molecule has 0 unspecified atom stereocenters. The third-order valence-corrected chi connectivity index (χ3v) is 6.05. The molecule has 0 bridgehead atoms. The fourth-order valence-electron chi connectivity index (χ4n) is 4.15. The minimum atomic E-state index is -0.228. The van der Waals surface area contributed by atoms with Crippen molar-refractivity contribution >= 4 is 17.5 Å². The van der Waals surface area contributed by atoms with Crippen molar-refractivity contribution in [2.75, 3.05) is 18.4 Å². The highest BCUT2D eigenvalue weighted by atomic mass is 16.2. The maximum atomic E-state index is 12.7. The Kier molecular flexibility index (Phi) is 6.30. The van der Waals surface area contributed by atoms with Crippen molar-refractivity contribution < 1.29 is 9.59 Å². The summed E-state index contributed by atoms with van der Waals surface area (Å²) in [6.07, 6.45) is 3.57. The Bertz CT molecular complexity index is 1110. The highest BCUT2D eigenvalue weighted by Gasteiger charge is 2.29. The van der Waals surface area contributed by atoms with Crippen LogP contribution < -0.4 is 5.32 Å². The van der Waals surface area contributed by atoms with Gasteiger partial charge in [0.2, 0.25) is 5.91 Å². The third kappa shape index (κ3) is 4.69. The number of rotatable bonds is 6. The second kappa shape index (κ2) is 9.30. The molecule has 0 aliphatic carbocycles. The molecule has 0 spiro atoms. The van der Waals surface area contributed by atoms with Crippen molar-refractivity contribution in [1.29, 1.82) is 0 Å². The summed E-state index contributed by atoms with van der Waals surface area (Å²) in [5.41, 5.74) is 4.92. The van der Waals surface area contributed by atoms with Gasteiger partial charge in [0.1, 0.15) is 5.82 Å². The van der Waals surface area contributed by atoms with E-state index in [0.29, 0.717) is 43.0 Å². The highest BCUT2D eigenvalue weighted by Crippen LogP contribution is 2.26.